The molecule has 2 aliphatic rings. The van der Waals surface area contributed by atoms with Crippen molar-refractivity contribution in [2.75, 3.05) is 43.1 Å². The van der Waals surface area contributed by atoms with Crippen molar-refractivity contribution in [1.82, 2.24) is 9.88 Å². The minimum atomic E-state index is -0.238. The molecular formula is C24H26N4O3S. The molecule has 1 atom stereocenters. The Kier molecular flexibility index (Phi) is 5.80. The van der Waals surface area contributed by atoms with Crippen LogP contribution in [0.25, 0.3) is 10.2 Å². The van der Waals surface area contributed by atoms with E-state index in [0.29, 0.717) is 6.54 Å². The standard InChI is InChI=1S/C24H26N4O3S/c1-16(29)28-9-8-17-4-2-3-5-19(17)21(28)15-23(30)25-18-6-7-20-22(14-18)32-24(26-20)27-10-12-31-13-11-27/h2-7,14,21H,8-13,15H2,1H3,(H,25,30). The van der Waals surface area contributed by atoms with Crippen LogP contribution in [0.15, 0.2) is 42.5 Å². The molecular weight excluding hydrogens is 424 g/mol. The minimum absolute atomic E-state index is 0.000903. The van der Waals surface area contributed by atoms with E-state index in [1.165, 1.54) is 5.56 Å². The molecule has 1 aromatic heterocycles. The molecule has 166 valence electrons. The summed E-state index contributed by atoms with van der Waals surface area (Å²) in [6.45, 7) is 5.35. The van der Waals surface area contributed by atoms with E-state index in [-0.39, 0.29) is 24.3 Å². The third-order valence-corrected chi connectivity index (χ3v) is 7.22. The van der Waals surface area contributed by atoms with Crippen LogP contribution in [0.4, 0.5) is 10.8 Å². The van der Waals surface area contributed by atoms with Gasteiger partial charge >= 0.3 is 0 Å². The highest BCUT2D eigenvalue weighted by atomic mass is 32.1. The fourth-order valence-corrected chi connectivity index (χ4v) is 5.57. The maximum atomic E-state index is 13.0. The first kappa shape index (κ1) is 20.9. The van der Waals surface area contributed by atoms with E-state index in [4.69, 9.17) is 9.72 Å². The highest BCUT2D eigenvalue weighted by Gasteiger charge is 2.30. The van der Waals surface area contributed by atoms with Crippen LogP contribution >= 0.6 is 11.3 Å². The van der Waals surface area contributed by atoms with Gasteiger partial charge in [-0.3, -0.25) is 9.59 Å². The number of carbonyl (C=O) groups is 2. The Labute approximate surface area is 191 Å². The van der Waals surface area contributed by atoms with Gasteiger partial charge in [0, 0.05) is 32.2 Å². The van der Waals surface area contributed by atoms with E-state index in [1.54, 1.807) is 18.3 Å². The lowest BCUT2D eigenvalue weighted by Gasteiger charge is -2.36. The number of morpholine rings is 1. The Balaban J connectivity index is 1.32. The highest BCUT2D eigenvalue weighted by Crippen LogP contribution is 2.34. The van der Waals surface area contributed by atoms with Crippen molar-refractivity contribution in [3.05, 3.63) is 53.6 Å². The van der Waals surface area contributed by atoms with Crippen LogP contribution < -0.4 is 10.2 Å². The maximum Gasteiger partial charge on any atom is 0.226 e. The molecule has 5 rings (SSSR count). The number of thiazole rings is 1. The molecule has 2 aromatic carbocycles. The second-order valence-electron chi connectivity index (χ2n) is 8.21. The number of anilines is 2. The molecule has 1 unspecified atom stereocenters. The Morgan fingerprint density at radius 2 is 1.97 bits per heavy atom. The summed E-state index contributed by atoms with van der Waals surface area (Å²) in [6.07, 6.45) is 1.05. The van der Waals surface area contributed by atoms with E-state index < -0.39 is 0 Å². The average Bonchev–Trinajstić information content (AvgIpc) is 3.23. The number of hydrogen-bond donors (Lipinski definition) is 1. The molecule has 2 aliphatic heterocycles. The van der Waals surface area contributed by atoms with Gasteiger partial charge in [-0.25, -0.2) is 4.98 Å². The second kappa shape index (κ2) is 8.88. The molecule has 0 aliphatic carbocycles. The number of aromatic nitrogens is 1. The van der Waals surface area contributed by atoms with Crippen molar-refractivity contribution in [3.8, 4) is 0 Å². The number of fused-ring (bicyclic) bond motifs is 2. The highest BCUT2D eigenvalue weighted by molar-refractivity contribution is 7.22. The normalized spacial score (nSPS) is 18.5. The first-order chi connectivity index (χ1) is 15.6. The fourth-order valence-electron chi connectivity index (χ4n) is 4.52. The van der Waals surface area contributed by atoms with Crippen LogP contribution in [0.2, 0.25) is 0 Å². The fraction of sp³-hybridized carbons (Fsp3) is 0.375. The zero-order chi connectivity index (χ0) is 22.1. The summed E-state index contributed by atoms with van der Waals surface area (Å²) in [5, 5.41) is 4.02. The predicted molar refractivity (Wildman–Crippen MR) is 126 cm³/mol. The Hall–Kier alpha value is -2.97. The SMILES string of the molecule is CC(=O)N1CCc2ccccc2C1CC(=O)Nc1ccc2nc(N3CCOCC3)sc2c1. The Morgan fingerprint density at radius 1 is 1.16 bits per heavy atom. The van der Waals surface area contributed by atoms with Crippen molar-refractivity contribution in [2.45, 2.75) is 25.8 Å². The van der Waals surface area contributed by atoms with Crippen molar-refractivity contribution in [1.29, 1.82) is 0 Å². The van der Waals surface area contributed by atoms with E-state index in [0.717, 1.165) is 59.3 Å². The van der Waals surface area contributed by atoms with Crippen molar-refractivity contribution in [2.24, 2.45) is 0 Å². The maximum absolute atomic E-state index is 13.0. The summed E-state index contributed by atoms with van der Waals surface area (Å²) >= 11 is 1.63. The van der Waals surface area contributed by atoms with Gasteiger partial charge in [-0.05, 0) is 35.7 Å². The van der Waals surface area contributed by atoms with Crippen molar-refractivity contribution < 1.29 is 14.3 Å². The lowest BCUT2D eigenvalue weighted by molar-refractivity contribution is -0.132. The molecule has 1 saturated heterocycles. The minimum Gasteiger partial charge on any atom is -0.378 e. The summed E-state index contributed by atoms with van der Waals surface area (Å²) < 4.78 is 6.47. The lowest BCUT2D eigenvalue weighted by atomic mass is 9.90. The van der Waals surface area contributed by atoms with Gasteiger partial charge in [0.2, 0.25) is 11.8 Å². The van der Waals surface area contributed by atoms with E-state index >= 15 is 0 Å². The number of carbonyl (C=O) groups excluding carboxylic acids is 2. The Bertz CT molecular complexity index is 1160. The molecule has 7 nitrogen and oxygen atoms in total. The van der Waals surface area contributed by atoms with Gasteiger partial charge < -0.3 is 19.9 Å². The van der Waals surface area contributed by atoms with Crippen LogP contribution in [-0.4, -0.2) is 54.5 Å². The van der Waals surface area contributed by atoms with Crippen LogP contribution in [0.3, 0.4) is 0 Å². The summed E-state index contributed by atoms with van der Waals surface area (Å²) in [6, 6.07) is 13.7. The van der Waals surface area contributed by atoms with Crippen molar-refractivity contribution in [3.63, 3.8) is 0 Å². The molecule has 3 aromatic rings. The van der Waals surface area contributed by atoms with E-state index in [9.17, 15) is 9.59 Å². The molecule has 0 spiro atoms. The molecule has 1 fully saturated rings. The van der Waals surface area contributed by atoms with Gasteiger partial charge in [0.1, 0.15) is 0 Å². The Morgan fingerprint density at radius 3 is 2.78 bits per heavy atom. The summed E-state index contributed by atoms with van der Waals surface area (Å²) in [5.41, 5.74) is 3.96. The van der Waals surface area contributed by atoms with Gasteiger partial charge in [-0.2, -0.15) is 0 Å². The summed E-state index contributed by atoms with van der Waals surface area (Å²) in [5.74, 6) is -0.103. The molecule has 8 heteroatoms. The zero-order valence-electron chi connectivity index (χ0n) is 18.0. The van der Waals surface area contributed by atoms with Gasteiger partial charge in [-0.1, -0.05) is 35.6 Å². The predicted octanol–water partition coefficient (Wildman–Crippen LogP) is 3.61. The molecule has 2 amide bonds. The molecule has 0 saturated carbocycles. The first-order valence-corrected chi connectivity index (χ1v) is 11.8. The molecule has 3 heterocycles. The van der Waals surface area contributed by atoms with Gasteiger partial charge in [0.15, 0.2) is 5.13 Å². The molecule has 32 heavy (non-hydrogen) atoms. The number of benzene rings is 2. The van der Waals surface area contributed by atoms with Crippen LogP contribution in [-0.2, 0) is 20.7 Å². The van der Waals surface area contributed by atoms with E-state index in [2.05, 4.69) is 16.3 Å². The molecule has 1 N–H and O–H groups in total. The van der Waals surface area contributed by atoms with Gasteiger partial charge in [-0.15, -0.1) is 0 Å². The average molecular weight is 451 g/mol. The number of nitrogens with zero attached hydrogens (tertiary/aromatic N) is 3. The van der Waals surface area contributed by atoms with Crippen LogP contribution in [0.1, 0.15) is 30.5 Å². The smallest absolute Gasteiger partial charge is 0.226 e. The van der Waals surface area contributed by atoms with E-state index in [1.807, 2.05) is 41.3 Å². The van der Waals surface area contributed by atoms with Gasteiger partial charge in [0.25, 0.3) is 0 Å². The number of nitrogens with one attached hydrogen (secondary N) is 1. The third kappa shape index (κ3) is 4.20. The molecule has 0 radical (unpaired) electrons. The number of ether oxygens (including phenoxy) is 1. The quantitative estimate of drug-likeness (QED) is 0.657. The number of hydrogen-bond acceptors (Lipinski definition) is 6. The van der Waals surface area contributed by atoms with Crippen molar-refractivity contribution >= 4 is 44.2 Å². The molecule has 0 bridgehead atoms. The van der Waals surface area contributed by atoms with Crippen LogP contribution in [0.5, 0.6) is 0 Å². The topological polar surface area (TPSA) is 74.8 Å². The number of amides is 2. The summed E-state index contributed by atoms with van der Waals surface area (Å²) in [4.78, 5) is 34.0. The monoisotopic (exact) mass is 450 g/mol. The zero-order valence-corrected chi connectivity index (χ0v) is 18.9. The van der Waals surface area contributed by atoms with Crippen LogP contribution in [0, 0.1) is 0 Å². The second-order valence-corrected chi connectivity index (χ2v) is 9.22. The first-order valence-electron chi connectivity index (χ1n) is 11.0. The summed E-state index contributed by atoms with van der Waals surface area (Å²) in [7, 11) is 0. The third-order valence-electron chi connectivity index (χ3n) is 6.14. The number of rotatable bonds is 4. The largest absolute Gasteiger partial charge is 0.378 e. The lowest BCUT2D eigenvalue weighted by Crippen LogP contribution is -2.40. The van der Waals surface area contributed by atoms with Gasteiger partial charge in [0.05, 0.1) is 35.9 Å².